The van der Waals surface area contributed by atoms with E-state index in [0.717, 1.165) is 0 Å². The van der Waals surface area contributed by atoms with Crippen molar-refractivity contribution in [3.05, 3.63) is 22.2 Å². The number of methoxy groups -OCH3 is 2. The minimum atomic E-state index is -2.17. The maximum atomic E-state index is 10.9. The fourth-order valence-corrected chi connectivity index (χ4v) is 8.27. The number of aliphatic hydroxyl groups is 1. The van der Waals surface area contributed by atoms with E-state index in [2.05, 4.69) is 33.9 Å². The largest absolute Gasteiger partial charge is 0.410 e. The first-order valence-corrected chi connectivity index (χ1v) is 13.7. The van der Waals surface area contributed by atoms with E-state index in [1.54, 1.807) is 6.08 Å². The summed E-state index contributed by atoms with van der Waals surface area (Å²) >= 11 is 27.5. The zero-order valence-corrected chi connectivity index (χ0v) is 21.2. The lowest BCUT2D eigenvalue weighted by Gasteiger charge is -2.47. The molecule has 0 aliphatic heterocycles. The maximum Gasteiger partial charge on any atom is 0.217 e. The van der Waals surface area contributed by atoms with Gasteiger partial charge in [0.25, 0.3) is 0 Å². The molecule has 0 heterocycles. The molecule has 1 saturated carbocycles. The van der Waals surface area contributed by atoms with Crippen LogP contribution >= 0.6 is 46.4 Å². The molecule has 3 aliphatic carbocycles. The van der Waals surface area contributed by atoms with Crippen LogP contribution in [0.2, 0.25) is 18.1 Å². The van der Waals surface area contributed by atoms with Crippen LogP contribution in [0.25, 0.3) is 0 Å². The molecule has 6 atom stereocenters. The molecule has 3 rings (SSSR count). The molecular formula is C19H28Cl4O4Si. The Morgan fingerprint density at radius 2 is 1.43 bits per heavy atom. The Kier molecular flexibility index (Phi) is 5.71. The van der Waals surface area contributed by atoms with Crippen LogP contribution in [-0.2, 0) is 13.9 Å². The van der Waals surface area contributed by atoms with E-state index < -0.39 is 47.9 Å². The first-order valence-electron chi connectivity index (χ1n) is 9.26. The molecule has 28 heavy (non-hydrogen) atoms. The van der Waals surface area contributed by atoms with Crippen LogP contribution < -0.4 is 0 Å². The highest BCUT2D eigenvalue weighted by molar-refractivity contribution is 6.74. The Morgan fingerprint density at radius 3 is 1.86 bits per heavy atom. The van der Waals surface area contributed by atoms with E-state index >= 15 is 0 Å². The topological polar surface area (TPSA) is 47.9 Å². The van der Waals surface area contributed by atoms with Crippen molar-refractivity contribution in [3.8, 4) is 0 Å². The monoisotopic (exact) mass is 488 g/mol. The van der Waals surface area contributed by atoms with Gasteiger partial charge in [0.2, 0.25) is 5.79 Å². The van der Waals surface area contributed by atoms with Gasteiger partial charge in [0.1, 0.15) is 9.75 Å². The van der Waals surface area contributed by atoms with Crippen molar-refractivity contribution in [3.63, 3.8) is 0 Å². The third-order valence-electron chi connectivity index (χ3n) is 7.13. The summed E-state index contributed by atoms with van der Waals surface area (Å²) in [5, 5.41) is 11.2. The van der Waals surface area contributed by atoms with Gasteiger partial charge in [0, 0.05) is 26.1 Å². The van der Waals surface area contributed by atoms with E-state index in [4.69, 9.17) is 60.3 Å². The third kappa shape index (κ3) is 2.52. The van der Waals surface area contributed by atoms with Crippen LogP contribution in [0, 0.1) is 11.8 Å². The highest BCUT2D eigenvalue weighted by Gasteiger charge is 2.86. The third-order valence-corrected chi connectivity index (χ3v) is 14.2. The second kappa shape index (κ2) is 6.85. The molecule has 0 aromatic rings. The number of ether oxygens (including phenoxy) is 2. The van der Waals surface area contributed by atoms with Crippen LogP contribution in [0.5, 0.6) is 0 Å². The predicted octanol–water partition coefficient (Wildman–Crippen LogP) is 5.20. The maximum absolute atomic E-state index is 10.9. The van der Waals surface area contributed by atoms with Gasteiger partial charge in [-0.1, -0.05) is 56.1 Å². The lowest BCUT2D eigenvalue weighted by atomic mass is 9.72. The molecule has 0 spiro atoms. The van der Waals surface area contributed by atoms with Gasteiger partial charge in [-0.25, -0.2) is 0 Å². The fraction of sp³-hybridized carbons (Fsp3) is 0.789. The zero-order chi connectivity index (χ0) is 21.5. The Bertz CT molecular complexity index is 730. The predicted molar refractivity (Wildman–Crippen MR) is 117 cm³/mol. The SMILES string of the molecule is COC1(OC)[C@@]2(Cl)C(Cl)=C(Cl)[C@]1(Cl)[C@H]1[C@@H]2[C@@H](O)C=C[C@H]1O[Si](C)(C)C(C)(C)C. The Labute approximate surface area is 188 Å². The van der Waals surface area contributed by atoms with E-state index in [1.807, 2.05) is 6.08 Å². The summed E-state index contributed by atoms with van der Waals surface area (Å²) in [5.74, 6) is -2.63. The number of hydrogen-bond acceptors (Lipinski definition) is 4. The molecule has 4 nitrogen and oxygen atoms in total. The number of fused-ring (bicyclic) bond motifs is 5. The number of rotatable bonds is 4. The summed E-state index contributed by atoms with van der Waals surface area (Å²) in [4.78, 5) is -2.85. The van der Waals surface area contributed by atoms with Crippen LogP contribution in [-0.4, -0.2) is 55.4 Å². The molecule has 2 bridgehead atoms. The molecule has 0 aromatic heterocycles. The second-order valence-electron chi connectivity index (χ2n) is 9.35. The van der Waals surface area contributed by atoms with Crippen molar-refractivity contribution in [1.82, 2.24) is 0 Å². The molecule has 0 radical (unpaired) electrons. The van der Waals surface area contributed by atoms with Gasteiger partial charge in [-0.15, -0.1) is 23.2 Å². The van der Waals surface area contributed by atoms with E-state index in [9.17, 15) is 5.11 Å². The highest BCUT2D eigenvalue weighted by atomic mass is 35.5. The summed E-state index contributed by atoms with van der Waals surface area (Å²) in [6.07, 6.45) is 2.23. The van der Waals surface area contributed by atoms with Gasteiger partial charge in [-0.3, -0.25) is 0 Å². The van der Waals surface area contributed by atoms with Gasteiger partial charge in [0.15, 0.2) is 8.32 Å². The standard InChI is InChI=1S/C19H28Cl4O4Si/c1-16(2,3)28(6,7)27-11-9-8-10(24)12-13(11)18(23)15(21)14(20)17(12,22)19(18,25-4)26-5/h8-13,24H,1-7H3/t10-,11+,12-,13+,17-,18+/m0/s1. The molecular weight excluding hydrogens is 462 g/mol. The number of alkyl halides is 2. The minimum Gasteiger partial charge on any atom is -0.410 e. The average molecular weight is 490 g/mol. The van der Waals surface area contributed by atoms with Crippen LogP contribution in [0.3, 0.4) is 0 Å². The van der Waals surface area contributed by atoms with Crippen molar-refractivity contribution < 1.29 is 19.0 Å². The molecule has 0 saturated heterocycles. The average Bonchev–Trinajstić information content (AvgIpc) is 2.85. The van der Waals surface area contributed by atoms with Crippen molar-refractivity contribution in [2.45, 2.75) is 66.6 Å². The molecule has 1 N–H and O–H groups in total. The van der Waals surface area contributed by atoms with E-state index in [-0.39, 0.29) is 15.1 Å². The smallest absolute Gasteiger partial charge is 0.217 e. The Morgan fingerprint density at radius 1 is 0.964 bits per heavy atom. The number of halogens is 4. The zero-order valence-electron chi connectivity index (χ0n) is 17.1. The lowest BCUT2D eigenvalue weighted by Crippen LogP contribution is -2.58. The molecule has 3 aliphatic rings. The molecule has 0 amide bonds. The van der Waals surface area contributed by atoms with Crippen molar-refractivity contribution in [2.24, 2.45) is 11.8 Å². The minimum absolute atomic E-state index is 0.0149. The van der Waals surface area contributed by atoms with Crippen LogP contribution in [0.4, 0.5) is 0 Å². The number of hydrogen-bond donors (Lipinski definition) is 1. The summed E-state index contributed by atoms with van der Waals surface area (Å²) in [6.45, 7) is 10.8. The van der Waals surface area contributed by atoms with Crippen molar-refractivity contribution in [1.29, 1.82) is 0 Å². The molecule has 9 heteroatoms. The summed E-state index contributed by atoms with van der Waals surface area (Å²) in [7, 11) is 0.740. The van der Waals surface area contributed by atoms with Crippen LogP contribution in [0.1, 0.15) is 20.8 Å². The normalized spacial score (nSPS) is 42.3. The van der Waals surface area contributed by atoms with Gasteiger partial charge in [0.05, 0.1) is 22.3 Å². The highest BCUT2D eigenvalue weighted by Crippen LogP contribution is 2.75. The van der Waals surface area contributed by atoms with Crippen molar-refractivity contribution >= 4 is 54.7 Å². The quantitative estimate of drug-likeness (QED) is 0.255. The number of aliphatic hydroxyl groups excluding tert-OH is 1. The van der Waals surface area contributed by atoms with Gasteiger partial charge in [-0.2, -0.15) is 0 Å². The van der Waals surface area contributed by atoms with Crippen molar-refractivity contribution in [2.75, 3.05) is 14.2 Å². The van der Waals surface area contributed by atoms with Gasteiger partial charge in [-0.05, 0) is 18.1 Å². The first kappa shape index (κ1) is 23.4. The summed E-state index contributed by atoms with van der Waals surface area (Å²) in [5.41, 5.74) is 0. The summed E-state index contributed by atoms with van der Waals surface area (Å²) in [6, 6.07) is 0. The van der Waals surface area contributed by atoms with E-state index in [1.165, 1.54) is 14.2 Å². The Hall–Kier alpha value is 0.697. The van der Waals surface area contributed by atoms with E-state index in [0.29, 0.717) is 0 Å². The van der Waals surface area contributed by atoms with Gasteiger partial charge >= 0.3 is 0 Å². The molecule has 0 unspecified atom stereocenters. The second-order valence-corrected chi connectivity index (χ2v) is 16.1. The molecule has 0 aromatic carbocycles. The lowest BCUT2D eigenvalue weighted by molar-refractivity contribution is -0.222. The Balaban J connectivity index is 2.19. The fourth-order valence-electron chi connectivity index (χ4n) is 4.75. The molecule has 1 fully saturated rings. The molecule has 160 valence electrons. The summed E-state index contributed by atoms with van der Waals surface area (Å²) < 4.78 is 18.3. The van der Waals surface area contributed by atoms with Gasteiger partial charge < -0.3 is 19.0 Å². The first-order chi connectivity index (χ1) is 12.7. The van der Waals surface area contributed by atoms with Crippen LogP contribution in [0.15, 0.2) is 22.2 Å².